The zero-order valence-electron chi connectivity index (χ0n) is 11.5. The Labute approximate surface area is 119 Å². The highest BCUT2D eigenvalue weighted by molar-refractivity contribution is 7.89. The molecule has 3 N–H and O–H groups in total. The smallest absolute Gasteiger partial charge is 0.245 e. The van der Waals surface area contributed by atoms with E-state index in [-0.39, 0.29) is 4.90 Å². The van der Waals surface area contributed by atoms with Gasteiger partial charge in [0.25, 0.3) is 0 Å². The molecule has 2 rings (SSSR count). The van der Waals surface area contributed by atoms with E-state index >= 15 is 0 Å². The molecule has 108 valence electrons. The molecule has 20 heavy (non-hydrogen) atoms. The maximum atomic E-state index is 12.7. The third-order valence-electron chi connectivity index (χ3n) is 3.09. The number of hydrogen-bond acceptors (Lipinski definition) is 3. The molecule has 0 aliphatic heterocycles. The normalized spacial score (nSPS) is 12.1. The van der Waals surface area contributed by atoms with E-state index in [1.807, 2.05) is 6.92 Å². The second kappa shape index (κ2) is 5.68. The highest BCUT2D eigenvalue weighted by Gasteiger charge is 2.25. The summed E-state index contributed by atoms with van der Waals surface area (Å²) in [5, 5.41) is 0.621. The molecule has 0 atom stereocenters. The Morgan fingerprint density at radius 2 is 2.20 bits per heavy atom. The van der Waals surface area contributed by atoms with E-state index in [2.05, 4.69) is 11.6 Å². The highest BCUT2D eigenvalue weighted by Crippen LogP contribution is 2.27. The van der Waals surface area contributed by atoms with Crippen LogP contribution in [0.3, 0.4) is 0 Å². The zero-order valence-corrected chi connectivity index (χ0v) is 12.3. The molecule has 2 aromatic rings. The van der Waals surface area contributed by atoms with Gasteiger partial charge in [0, 0.05) is 35.9 Å². The largest absolute Gasteiger partial charge is 0.399 e. The number of hydrogen-bond donors (Lipinski definition) is 2. The van der Waals surface area contributed by atoms with Crippen molar-refractivity contribution >= 4 is 26.6 Å². The van der Waals surface area contributed by atoms with E-state index in [1.165, 1.54) is 10.5 Å². The van der Waals surface area contributed by atoms with E-state index in [1.54, 1.807) is 24.3 Å². The number of aromatic amines is 1. The fourth-order valence-electron chi connectivity index (χ4n) is 2.17. The van der Waals surface area contributed by atoms with Crippen LogP contribution in [0.4, 0.5) is 5.69 Å². The summed E-state index contributed by atoms with van der Waals surface area (Å²) in [5.41, 5.74) is 7.05. The lowest BCUT2D eigenvalue weighted by atomic mass is 10.2. The summed E-state index contributed by atoms with van der Waals surface area (Å²) >= 11 is 0. The van der Waals surface area contributed by atoms with Crippen molar-refractivity contribution in [2.24, 2.45) is 0 Å². The average molecular weight is 293 g/mol. The summed E-state index contributed by atoms with van der Waals surface area (Å²) in [6.07, 6.45) is 3.86. The number of nitrogens with one attached hydrogen (secondary N) is 1. The summed E-state index contributed by atoms with van der Waals surface area (Å²) in [7, 11) is -3.55. The van der Waals surface area contributed by atoms with Crippen molar-refractivity contribution in [3.63, 3.8) is 0 Å². The van der Waals surface area contributed by atoms with Crippen molar-refractivity contribution < 1.29 is 8.42 Å². The summed E-state index contributed by atoms with van der Waals surface area (Å²) in [6.45, 7) is 6.32. The molecule has 0 amide bonds. The van der Waals surface area contributed by atoms with Gasteiger partial charge in [0.1, 0.15) is 4.90 Å². The van der Waals surface area contributed by atoms with Crippen LogP contribution in [-0.4, -0.2) is 30.8 Å². The Hall–Kier alpha value is -1.79. The molecule has 1 heterocycles. The number of sulfonamides is 1. The predicted octanol–water partition coefficient (Wildman–Crippen LogP) is 2.34. The van der Waals surface area contributed by atoms with E-state index in [9.17, 15) is 8.42 Å². The number of anilines is 1. The number of nitrogens with two attached hydrogens (primary N) is 1. The first-order chi connectivity index (χ1) is 9.50. The third-order valence-corrected chi connectivity index (χ3v) is 5.00. The lowest BCUT2D eigenvalue weighted by Gasteiger charge is -2.19. The maximum Gasteiger partial charge on any atom is 0.245 e. The Morgan fingerprint density at radius 3 is 2.85 bits per heavy atom. The van der Waals surface area contributed by atoms with Crippen molar-refractivity contribution in [2.75, 3.05) is 18.8 Å². The molecule has 0 radical (unpaired) electrons. The van der Waals surface area contributed by atoms with Crippen molar-refractivity contribution in [2.45, 2.75) is 18.2 Å². The van der Waals surface area contributed by atoms with Crippen LogP contribution in [0.25, 0.3) is 10.9 Å². The van der Waals surface area contributed by atoms with Gasteiger partial charge in [0.05, 0.1) is 0 Å². The Kier molecular flexibility index (Phi) is 4.15. The Bertz CT molecular complexity index is 719. The number of nitrogen functional groups attached to an aromatic ring is 1. The van der Waals surface area contributed by atoms with Crippen LogP contribution < -0.4 is 5.73 Å². The number of aromatic nitrogens is 1. The van der Waals surface area contributed by atoms with Crippen molar-refractivity contribution in [1.82, 2.24) is 9.29 Å². The van der Waals surface area contributed by atoms with E-state index in [0.29, 0.717) is 24.2 Å². The molecular formula is C14H19N3O2S. The number of nitrogens with zero attached hydrogens (tertiary/aromatic N) is 1. The summed E-state index contributed by atoms with van der Waals surface area (Å²) in [4.78, 5) is 3.23. The predicted molar refractivity (Wildman–Crippen MR) is 82.0 cm³/mol. The van der Waals surface area contributed by atoms with Gasteiger partial charge in [-0.1, -0.05) is 13.0 Å². The summed E-state index contributed by atoms with van der Waals surface area (Å²) in [5.74, 6) is 0. The topological polar surface area (TPSA) is 79.2 Å². The minimum absolute atomic E-state index is 0.259. The molecule has 0 bridgehead atoms. The number of H-pyrrole nitrogens is 1. The molecular weight excluding hydrogens is 274 g/mol. The van der Waals surface area contributed by atoms with Crippen LogP contribution in [0.1, 0.15) is 13.3 Å². The van der Waals surface area contributed by atoms with Crippen LogP contribution in [0.5, 0.6) is 0 Å². The van der Waals surface area contributed by atoms with Crippen molar-refractivity contribution in [1.29, 1.82) is 0 Å². The number of fused-ring (bicyclic) bond motifs is 1. The average Bonchev–Trinajstić information content (AvgIpc) is 2.82. The SMILES string of the molecule is C=CCN(CCC)S(=O)(=O)c1c[nH]c2ccc(N)cc12. The van der Waals surface area contributed by atoms with Crippen molar-refractivity contribution in [3.05, 3.63) is 37.1 Å². The fourth-order valence-corrected chi connectivity index (χ4v) is 3.83. The zero-order chi connectivity index (χ0) is 14.8. The minimum Gasteiger partial charge on any atom is -0.399 e. The van der Waals surface area contributed by atoms with Gasteiger partial charge in [0.15, 0.2) is 0 Å². The van der Waals surface area contributed by atoms with Crippen LogP contribution >= 0.6 is 0 Å². The Balaban J connectivity index is 2.55. The lowest BCUT2D eigenvalue weighted by Crippen LogP contribution is -2.31. The molecule has 0 saturated carbocycles. The van der Waals surface area contributed by atoms with Gasteiger partial charge in [-0.05, 0) is 24.6 Å². The monoisotopic (exact) mass is 293 g/mol. The van der Waals surface area contributed by atoms with Gasteiger partial charge >= 0.3 is 0 Å². The van der Waals surface area contributed by atoms with Crippen LogP contribution in [0.15, 0.2) is 41.9 Å². The Morgan fingerprint density at radius 1 is 1.45 bits per heavy atom. The molecule has 0 aliphatic carbocycles. The van der Waals surface area contributed by atoms with Crippen LogP contribution in [-0.2, 0) is 10.0 Å². The third kappa shape index (κ3) is 2.57. The van der Waals surface area contributed by atoms with Gasteiger partial charge in [-0.2, -0.15) is 4.31 Å². The first-order valence-corrected chi connectivity index (χ1v) is 7.92. The van der Waals surface area contributed by atoms with Crippen LogP contribution in [0.2, 0.25) is 0 Å². The standard InChI is InChI=1S/C14H19N3O2S/c1-3-7-17(8-4-2)20(18,19)14-10-16-13-6-5-11(15)9-12(13)14/h3,5-6,9-10,16H,1,4,7-8,15H2,2H3. The lowest BCUT2D eigenvalue weighted by molar-refractivity contribution is 0.442. The molecule has 0 fully saturated rings. The first kappa shape index (κ1) is 14.6. The van der Waals surface area contributed by atoms with Gasteiger partial charge < -0.3 is 10.7 Å². The summed E-state index contributed by atoms with van der Waals surface area (Å²) < 4.78 is 26.9. The van der Waals surface area contributed by atoms with Gasteiger partial charge in [-0.3, -0.25) is 0 Å². The molecule has 1 aromatic heterocycles. The maximum absolute atomic E-state index is 12.7. The summed E-state index contributed by atoms with van der Waals surface area (Å²) in [6, 6.07) is 5.20. The highest BCUT2D eigenvalue weighted by atomic mass is 32.2. The molecule has 5 nitrogen and oxygen atoms in total. The van der Waals surface area contributed by atoms with Gasteiger partial charge in [-0.25, -0.2) is 8.42 Å². The van der Waals surface area contributed by atoms with E-state index in [0.717, 1.165) is 11.9 Å². The molecule has 0 saturated heterocycles. The van der Waals surface area contributed by atoms with Gasteiger partial charge in [-0.15, -0.1) is 6.58 Å². The second-order valence-corrected chi connectivity index (χ2v) is 6.52. The van der Waals surface area contributed by atoms with Crippen LogP contribution in [0, 0.1) is 0 Å². The van der Waals surface area contributed by atoms with E-state index < -0.39 is 10.0 Å². The fraction of sp³-hybridized carbons (Fsp3) is 0.286. The minimum atomic E-state index is -3.55. The number of rotatable bonds is 6. The van der Waals surface area contributed by atoms with E-state index in [4.69, 9.17) is 5.73 Å². The molecule has 1 aromatic carbocycles. The second-order valence-electron chi connectivity index (χ2n) is 4.61. The van der Waals surface area contributed by atoms with Gasteiger partial charge in [0.2, 0.25) is 10.0 Å². The number of benzene rings is 1. The molecule has 0 aliphatic rings. The molecule has 0 unspecified atom stereocenters. The quantitative estimate of drug-likeness (QED) is 0.633. The van der Waals surface area contributed by atoms with Crippen molar-refractivity contribution in [3.8, 4) is 0 Å². The molecule has 0 spiro atoms. The first-order valence-electron chi connectivity index (χ1n) is 6.48. The molecule has 6 heteroatoms.